The van der Waals surface area contributed by atoms with Crippen molar-refractivity contribution in [3.8, 4) is 0 Å². The van der Waals surface area contributed by atoms with Crippen LogP contribution in [-0.4, -0.2) is 43.4 Å². The molecule has 132 valence electrons. The molecule has 25 heavy (non-hydrogen) atoms. The van der Waals surface area contributed by atoms with E-state index >= 15 is 0 Å². The van der Waals surface area contributed by atoms with Crippen LogP contribution in [0.25, 0.3) is 0 Å². The molecule has 1 aliphatic heterocycles. The summed E-state index contributed by atoms with van der Waals surface area (Å²) in [5.41, 5.74) is 0.805. The van der Waals surface area contributed by atoms with Gasteiger partial charge in [0.1, 0.15) is 0 Å². The number of likely N-dealkylation sites (tertiary alicyclic amines) is 1. The number of hydrogen-bond acceptors (Lipinski definition) is 5. The minimum atomic E-state index is -0.215. The van der Waals surface area contributed by atoms with Crippen LogP contribution in [0, 0.1) is 0 Å². The summed E-state index contributed by atoms with van der Waals surface area (Å²) in [7, 11) is 0. The second-order valence-corrected chi connectivity index (χ2v) is 6.98. The molecule has 1 atom stereocenters. The molecule has 0 amide bonds. The van der Waals surface area contributed by atoms with Gasteiger partial charge < -0.3 is 0 Å². The lowest BCUT2D eigenvalue weighted by atomic mass is 10.2. The maximum Gasteiger partial charge on any atom is 0.347 e. The molecule has 1 unspecified atom stereocenters. The summed E-state index contributed by atoms with van der Waals surface area (Å²) in [6.45, 7) is 3.03. The molecule has 7 nitrogen and oxygen atoms in total. The van der Waals surface area contributed by atoms with Gasteiger partial charge in [-0.3, -0.25) is 14.3 Å². The Hall–Kier alpha value is -2.28. The predicted molar refractivity (Wildman–Crippen MR) is 93.6 cm³/mol. The van der Waals surface area contributed by atoms with Crippen molar-refractivity contribution in [3.05, 3.63) is 57.1 Å². The summed E-state index contributed by atoms with van der Waals surface area (Å²) in [6.07, 6.45) is 7.82. The zero-order chi connectivity index (χ0) is 17.2. The monoisotopic (exact) mass is 341 g/mol. The standard InChI is InChI=1S/C18H23N5O2/c24-17-7-6-16(14-4-5-14)20-23(17)13-15-3-1-9-21(15)11-12-22-10-2-8-19-18(22)25/h2,6-8,10,14-15H,1,3-5,9,11-13H2. The van der Waals surface area contributed by atoms with E-state index in [-0.39, 0.29) is 11.2 Å². The second-order valence-electron chi connectivity index (χ2n) is 6.98. The largest absolute Gasteiger partial charge is 0.347 e. The first kappa shape index (κ1) is 16.2. The molecule has 0 bridgehead atoms. The van der Waals surface area contributed by atoms with Gasteiger partial charge in [-0.2, -0.15) is 5.10 Å². The van der Waals surface area contributed by atoms with E-state index in [9.17, 15) is 9.59 Å². The molecular formula is C18H23N5O2. The summed E-state index contributed by atoms with van der Waals surface area (Å²) in [4.78, 5) is 30.0. The number of nitrogens with zero attached hydrogens (tertiary/aromatic N) is 5. The Morgan fingerprint density at radius 3 is 2.80 bits per heavy atom. The summed E-state index contributed by atoms with van der Waals surface area (Å²) in [5.74, 6) is 0.545. The molecule has 3 heterocycles. The maximum absolute atomic E-state index is 12.2. The smallest absolute Gasteiger partial charge is 0.298 e. The van der Waals surface area contributed by atoms with Gasteiger partial charge in [0, 0.05) is 43.5 Å². The molecule has 2 aromatic heterocycles. The van der Waals surface area contributed by atoms with Gasteiger partial charge in [-0.05, 0) is 44.4 Å². The maximum atomic E-state index is 12.2. The normalized spacial score (nSPS) is 20.9. The van der Waals surface area contributed by atoms with E-state index in [0.717, 1.165) is 31.6 Å². The van der Waals surface area contributed by atoms with Gasteiger partial charge in [0.05, 0.1) is 12.2 Å². The van der Waals surface area contributed by atoms with E-state index < -0.39 is 0 Å². The number of aromatic nitrogens is 4. The van der Waals surface area contributed by atoms with Gasteiger partial charge in [-0.1, -0.05) is 0 Å². The van der Waals surface area contributed by atoms with Crippen molar-refractivity contribution < 1.29 is 0 Å². The Labute approximate surface area is 145 Å². The van der Waals surface area contributed by atoms with Crippen LogP contribution in [0.3, 0.4) is 0 Å². The summed E-state index contributed by atoms with van der Waals surface area (Å²) in [5, 5.41) is 4.58. The third-order valence-corrected chi connectivity index (χ3v) is 5.18. The zero-order valence-corrected chi connectivity index (χ0v) is 14.3. The van der Waals surface area contributed by atoms with Crippen molar-refractivity contribution in [2.75, 3.05) is 13.1 Å². The van der Waals surface area contributed by atoms with Gasteiger partial charge in [0.15, 0.2) is 0 Å². The van der Waals surface area contributed by atoms with Crippen molar-refractivity contribution in [2.24, 2.45) is 0 Å². The van der Waals surface area contributed by atoms with Crippen LogP contribution in [0.5, 0.6) is 0 Å². The van der Waals surface area contributed by atoms with Crippen LogP contribution in [0.1, 0.15) is 37.3 Å². The Bertz CT molecular complexity index is 855. The highest BCUT2D eigenvalue weighted by molar-refractivity contribution is 5.12. The van der Waals surface area contributed by atoms with Crippen molar-refractivity contribution in [1.29, 1.82) is 0 Å². The summed E-state index contributed by atoms with van der Waals surface area (Å²) in [6, 6.07) is 5.59. The lowest BCUT2D eigenvalue weighted by Crippen LogP contribution is -2.39. The second kappa shape index (κ2) is 6.92. The number of rotatable bonds is 6. The van der Waals surface area contributed by atoms with Crippen LogP contribution >= 0.6 is 0 Å². The highest BCUT2D eigenvalue weighted by Gasteiger charge is 2.28. The Morgan fingerprint density at radius 2 is 2.00 bits per heavy atom. The minimum absolute atomic E-state index is 0.0280. The zero-order valence-electron chi connectivity index (χ0n) is 14.3. The fraction of sp³-hybridized carbons (Fsp3) is 0.556. The highest BCUT2D eigenvalue weighted by atomic mass is 16.1. The molecule has 1 saturated carbocycles. The highest BCUT2D eigenvalue weighted by Crippen LogP contribution is 2.38. The van der Waals surface area contributed by atoms with Gasteiger partial charge in [0.2, 0.25) is 0 Å². The molecule has 1 aliphatic carbocycles. The van der Waals surface area contributed by atoms with Crippen LogP contribution in [0.15, 0.2) is 40.2 Å². The molecule has 7 heteroatoms. The first-order valence-electron chi connectivity index (χ1n) is 9.04. The molecule has 1 saturated heterocycles. The summed E-state index contributed by atoms with van der Waals surface area (Å²) < 4.78 is 3.26. The molecule has 2 fully saturated rings. The van der Waals surface area contributed by atoms with Crippen molar-refractivity contribution in [3.63, 3.8) is 0 Å². The van der Waals surface area contributed by atoms with Crippen molar-refractivity contribution in [1.82, 2.24) is 24.2 Å². The van der Waals surface area contributed by atoms with Crippen LogP contribution in [0.4, 0.5) is 0 Å². The molecular weight excluding hydrogens is 318 g/mol. The first-order valence-corrected chi connectivity index (χ1v) is 9.04. The van der Waals surface area contributed by atoms with Crippen LogP contribution < -0.4 is 11.2 Å². The Morgan fingerprint density at radius 1 is 1.12 bits per heavy atom. The van der Waals surface area contributed by atoms with E-state index in [2.05, 4.69) is 15.0 Å². The van der Waals surface area contributed by atoms with E-state index in [1.165, 1.54) is 19.0 Å². The molecule has 0 aromatic carbocycles. The molecule has 0 spiro atoms. The Balaban J connectivity index is 1.43. The van der Waals surface area contributed by atoms with E-state index in [0.29, 0.717) is 25.0 Å². The van der Waals surface area contributed by atoms with Crippen LogP contribution in [-0.2, 0) is 13.1 Å². The molecule has 0 radical (unpaired) electrons. The molecule has 4 rings (SSSR count). The quantitative estimate of drug-likeness (QED) is 0.779. The topological polar surface area (TPSA) is 73.0 Å². The minimum Gasteiger partial charge on any atom is -0.298 e. The van der Waals surface area contributed by atoms with Crippen molar-refractivity contribution >= 4 is 0 Å². The van der Waals surface area contributed by atoms with Gasteiger partial charge in [0.25, 0.3) is 5.56 Å². The SMILES string of the molecule is O=c1ncccn1CCN1CCCC1Cn1nc(C2CC2)ccc1=O. The third-order valence-electron chi connectivity index (χ3n) is 5.18. The van der Waals surface area contributed by atoms with E-state index in [4.69, 9.17) is 0 Å². The van der Waals surface area contributed by atoms with E-state index in [1.54, 1.807) is 27.6 Å². The fourth-order valence-electron chi connectivity index (χ4n) is 3.58. The molecule has 0 N–H and O–H groups in total. The van der Waals surface area contributed by atoms with Gasteiger partial charge >= 0.3 is 5.69 Å². The molecule has 2 aromatic rings. The predicted octanol–water partition coefficient (Wildman–Crippen LogP) is 0.842. The fourth-order valence-corrected chi connectivity index (χ4v) is 3.58. The first-order chi connectivity index (χ1) is 12.2. The van der Waals surface area contributed by atoms with Gasteiger partial charge in [-0.15, -0.1) is 0 Å². The average molecular weight is 341 g/mol. The molecule has 2 aliphatic rings. The van der Waals surface area contributed by atoms with Crippen molar-refractivity contribution in [2.45, 2.75) is 50.7 Å². The lowest BCUT2D eigenvalue weighted by molar-refractivity contribution is 0.215. The van der Waals surface area contributed by atoms with E-state index in [1.807, 2.05) is 6.07 Å². The summed E-state index contributed by atoms with van der Waals surface area (Å²) >= 11 is 0. The third kappa shape index (κ3) is 3.71. The Kier molecular flexibility index (Phi) is 4.48. The van der Waals surface area contributed by atoms with Crippen LogP contribution in [0.2, 0.25) is 0 Å². The van der Waals surface area contributed by atoms with Gasteiger partial charge in [-0.25, -0.2) is 14.5 Å². The number of hydrogen-bond donors (Lipinski definition) is 0. The average Bonchev–Trinajstić information content (AvgIpc) is 3.37. The lowest BCUT2D eigenvalue weighted by Gasteiger charge is -2.25.